The van der Waals surface area contributed by atoms with Crippen LogP contribution in [0.25, 0.3) is 66.4 Å². The molecule has 304 valence electrons. The van der Waals surface area contributed by atoms with Gasteiger partial charge in [-0.15, -0.1) is 0 Å². The predicted molar refractivity (Wildman–Crippen MR) is 260 cm³/mol. The van der Waals surface area contributed by atoms with Crippen LogP contribution in [0.3, 0.4) is 0 Å². The maximum absolute atomic E-state index is 6.35. The van der Waals surface area contributed by atoms with Gasteiger partial charge in [-0.2, -0.15) is 0 Å². The number of furan rings is 1. The molecule has 9 aromatic rings. The van der Waals surface area contributed by atoms with Gasteiger partial charge in [0, 0.05) is 38.7 Å². The molecule has 0 saturated heterocycles. The Balaban J connectivity index is 0.935. The Labute approximate surface area is 369 Å². The van der Waals surface area contributed by atoms with Crippen LogP contribution in [0, 0.1) is 23.7 Å². The van der Waals surface area contributed by atoms with Gasteiger partial charge < -0.3 is 9.32 Å². The summed E-state index contributed by atoms with van der Waals surface area (Å²) < 4.78 is 6.35. The smallest absolute Gasteiger partial charge is 0.136 e. The Kier molecular flexibility index (Phi) is 7.38. The molecule has 4 fully saturated rings. The first-order valence-electron chi connectivity index (χ1n) is 23.3. The van der Waals surface area contributed by atoms with Gasteiger partial charge in [0.15, 0.2) is 0 Å². The number of hydrogen-bond donors (Lipinski definition) is 0. The maximum Gasteiger partial charge on any atom is 0.136 e. The van der Waals surface area contributed by atoms with E-state index in [4.69, 9.17) is 4.42 Å². The van der Waals surface area contributed by atoms with Gasteiger partial charge in [-0.1, -0.05) is 141 Å². The Morgan fingerprint density at radius 1 is 0.413 bits per heavy atom. The van der Waals surface area contributed by atoms with E-state index in [0.717, 1.165) is 28.4 Å². The summed E-state index contributed by atoms with van der Waals surface area (Å²) in [6, 6.07) is 66.4. The second kappa shape index (κ2) is 13.0. The summed E-state index contributed by atoms with van der Waals surface area (Å²) >= 11 is 0. The SMILES string of the molecule is CC1(C)c2ccccc2-c2ccc(N(c3ccc(-c4ccccc4-c4cccc5oc6ccccc6c45)cc3)c3ccc4c(c3)C3(c5ccccc5-4)[C@H]4CC5C[C@H](C4)C[C@@H]3C5)cc21. The highest BCUT2D eigenvalue weighted by Crippen LogP contribution is 2.69. The second-order valence-electron chi connectivity index (χ2n) is 20.1. The van der Waals surface area contributed by atoms with Gasteiger partial charge in [0.2, 0.25) is 0 Å². The molecule has 0 aliphatic heterocycles. The third-order valence-electron chi connectivity index (χ3n) is 16.7. The number of anilines is 3. The number of para-hydroxylation sites is 1. The van der Waals surface area contributed by atoms with Crippen molar-refractivity contribution in [2.75, 3.05) is 4.90 Å². The minimum atomic E-state index is -0.103. The van der Waals surface area contributed by atoms with Gasteiger partial charge in [-0.05, 0) is 171 Å². The lowest BCUT2D eigenvalue weighted by Crippen LogP contribution is -2.55. The van der Waals surface area contributed by atoms with Gasteiger partial charge in [0.05, 0.1) is 0 Å². The molecule has 0 amide bonds. The predicted octanol–water partition coefficient (Wildman–Crippen LogP) is 16.4. The molecule has 4 saturated carbocycles. The van der Waals surface area contributed by atoms with E-state index in [1.807, 2.05) is 0 Å². The summed E-state index contributed by atoms with van der Waals surface area (Å²) in [7, 11) is 0. The minimum absolute atomic E-state index is 0.0966. The first-order chi connectivity index (χ1) is 30.9. The molecule has 2 heteroatoms. The molecule has 6 aliphatic rings. The summed E-state index contributed by atoms with van der Waals surface area (Å²) in [5.41, 5.74) is 21.9. The minimum Gasteiger partial charge on any atom is -0.456 e. The summed E-state index contributed by atoms with van der Waals surface area (Å²) in [4.78, 5) is 2.56. The van der Waals surface area contributed by atoms with Gasteiger partial charge in [0.1, 0.15) is 11.2 Å². The number of nitrogens with zero attached hydrogens (tertiary/aromatic N) is 1. The summed E-state index contributed by atoms with van der Waals surface area (Å²) in [6.07, 6.45) is 6.97. The molecule has 1 aromatic heterocycles. The largest absolute Gasteiger partial charge is 0.456 e. The van der Waals surface area contributed by atoms with Crippen molar-refractivity contribution in [2.24, 2.45) is 23.7 Å². The zero-order valence-corrected chi connectivity index (χ0v) is 35.9. The molecule has 1 spiro atoms. The van der Waals surface area contributed by atoms with Crippen LogP contribution in [-0.4, -0.2) is 0 Å². The van der Waals surface area contributed by atoms with Gasteiger partial charge in [-0.25, -0.2) is 0 Å². The van der Waals surface area contributed by atoms with E-state index in [2.05, 4.69) is 195 Å². The zero-order chi connectivity index (χ0) is 41.6. The fraction of sp³-hybridized carbons (Fsp3) is 0.213. The van der Waals surface area contributed by atoms with Crippen LogP contribution in [0.1, 0.15) is 68.2 Å². The lowest BCUT2D eigenvalue weighted by atomic mass is 9.43. The molecule has 0 radical (unpaired) electrons. The highest BCUT2D eigenvalue weighted by atomic mass is 16.3. The van der Waals surface area contributed by atoms with Crippen LogP contribution in [0.15, 0.2) is 180 Å². The average Bonchev–Trinajstić information content (AvgIpc) is 3.92. The van der Waals surface area contributed by atoms with Crippen molar-refractivity contribution in [1.82, 2.24) is 0 Å². The Hall–Kier alpha value is -6.64. The number of fused-ring (bicyclic) bond motifs is 9. The first kappa shape index (κ1) is 35.9. The number of rotatable bonds is 5. The number of benzene rings is 8. The van der Waals surface area contributed by atoms with Crippen LogP contribution >= 0.6 is 0 Å². The second-order valence-corrected chi connectivity index (χ2v) is 20.1. The molecule has 1 heterocycles. The van der Waals surface area contributed by atoms with E-state index in [1.165, 1.54) is 110 Å². The normalized spacial score (nSPS) is 23.0. The average molecular weight is 812 g/mol. The topological polar surface area (TPSA) is 16.4 Å². The molecule has 4 bridgehead atoms. The molecule has 6 aliphatic carbocycles. The van der Waals surface area contributed by atoms with E-state index in [-0.39, 0.29) is 10.8 Å². The molecular formula is C61H49NO. The molecule has 2 nitrogen and oxygen atoms in total. The fourth-order valence-electron chi connectivity index (χ4n) is 14.3. The van der Waals surface area contributed by atoms with E-state index < -0.39 is 0 Å². The van der Waals surface area contributed by atoms with Crippen molar-refractivity contribution in [1.29, 1.82) is 0 Å². The van der Waals surface area contributed by atoms with E-state index >= 15 is 0 Å². The van der Waals surface area contributed by atoms with Gasteiger partial charge in [-0.3, -0.25) is 0 Å². The van der Waals surface area contributed by atoms with Gasteiger partial charge in [0.25, 0.3) is 0 Å². The van der Waals surface area contributed by atoms with Crippen LogP contribution < -0.4 is 4.90 Å². The van der Waals surface area contributed by atoms with Crippen LogP contribution in [0.2, 0.25) is 0 Å². The standard InChI is InChI=1S/C61H49NO/c1-60(2)53-18-8-5-14-47(53)49-28-26-43(35-55(49)60)62(44-27-29-50-48-15-6-9-19-54(48)61(56(50)36-44)40-31-37-30-38(33-40)34-41(61)32-37)42-24-22-39(23-25-42)45-12-3-4-13-46(45)51-17-11-21-58-59(51)52-16-7-10-20-57(52)63-58/h3-29,35-38,40-41H,30-34H2,1-2H3/t37-,38?,40-,41-,61?/m1/s1. The van der Waals surface area contributed by atoms with Crippen molar-refractivity contribution >= 4 is 39.0 Å². The maximum atomic E-state index is 6.35. The highest BCUT2D eigenvalue weighted by Gasteiger charge is 2.61. The Morgan fingerprint density at radius 2 is 0.937 bits per heavy atom. The highest BCUT2D eigenvalue weighted by molar-refractivity contribution is 6.13. The van der Waals surface area contributed by atoms with E-state index in [0.29, 0.717) is 11.8 Å². The Morgan fingerprint density at radius 3 is 1.67 bits per heavy atom. The third kappa shape index (κ3) is 4.90. The summed E-state index contributed by atoms with van der Waals surface area (Å²) in [5.74, 6) is 3.24. The van der Waals surface area contributed by atoms with Crippen molar-refractivity contribution in [3.8, 4) is 44.5 Å². The summed E-state index contributed by atoms with van der Waals surface area (Å²) in [5, 5.41) is 2.32. The molecule has 8 aromatic carbocycles. The van der Waals surface area contributed by atoms with Crippen LogP contribution in [0.5, 0.6) is 0 Å². The molecular weight excluding hydrogens is 763 g/mol. The van der Waals surface area contributed by atoms with E-state index in [1.54, 1.807) is 11.1 Å². The molecule has 0 unspecified atom stereocenters. The van der Waals surface area contributed by atoms with Crippen molar-refractivity contribution < 1.29 is 4.42 Å². The third-order valence-corrected chi connectivity index (χ3v) is 16.7. The summed E-state index contributed by atoms with van der Waals surface area (Å²) in [6.45, 7) is 4.79. The fourth-order valence-corrected chi connectivity index (χ4v) is 14.3. The number of hydrogen-bond acceptors (Lipinski definition) is 2. The quantitative estimate of drug-likeness (QED) is 0.172. The lowest BCUT2D eigenvalue weighted by molar-refractivity contribution is -0.0399. The van der Waals surface area contributed by atoms with Crippen molar-refractivity contribution in [3.05, 3.63) is 198 Å². The molecule has 0 atom stereocenters. The van der Waals surface area contributed by atoms with Crippen molar-refractivity contribution in [2.45, 2.75) is 56.8 Å². The molecule has 15 rings (SSSR count). The lowest BCUT2D eigenvalue weighted by Gasteiger charge is -2.61. The molecule has 63 heavy (non-hydrogen) atoms. The van der Waals surface area contributed by atoms with Crippen LogP contribution in [-0.2, 0) is 10.8 Å². The first-order valence-corrected chi connectivity index (χ1v) is 23.3. The monoisotopic (exact) mass is 811 g/mol. The van der Waals surface area contributed by atoms with Crippen LogP contribution in [0.4, 0.5) is 17.1 Å². The zero-order valence-electron chi connectivity index (χ0n) is 35.9. The van der Waals surface area contributed by atoms with Gasteiger partial charge >= 0.3 is 0 Å². The van der Waals surface area contributed by atoms with E-state index in [9.17, 15) is 0 Å². The Bertz CT molecular complexity index is 3320. The van der Waals surface area contributed by atoms with Crippen molar-refractivity contribution in [3.63, 3.8) is 0 Å². The molecule has 0 N–H and O–H groups in total.